The fourth-order valence-electron chi connectivity index (χ4n) is 5.15. The Morgan fingerprint density at radius 3 is 1.79 bits per heavy atom. The molecule has 0 spiro atoms. The molecule has 2 aliphatic rings. The van der Waals surface area contributed by atoms with Crippen molar-refractivity contribution in [3.8, 4) is 23.0 Å². The van der Waals surface area contributed by atoms with Crippen LogP contribution in [0.5, 0.6) is 23.0 Å². The first-order chi connectivity index (χ1) is 18.8. The third kappa shape index (κ3) is 7.90. The van der Waals surface area contributed by atoms with Crippen LogP contribution in [0.3, 0.4) is 0 Å². The minimum atomic E-state index is -1.82. The zero-order chi connectivity index (χ0) is 28.4. The zero-order valence-corrected chi connectivity index (χ0v) is 23.1. The summed E-state index contributed by atoms with van der Waals surface area (Å²) in [5.41, 5.74) is 2.40. The lowest BCUT2D eigenvalue weighted by Crippen LogP contribution is -2.53. The topological polar surface area (TPSA) is 121 Å². The molecule has 0 amide bonds. The smallest absolute Gasteiger partial charge is 0.414 e. The number of ether oxygens (including phenoxy) is 4. The van der Waals surface area contributed by atoms with Crippen LogP contribution < -0.4 is 23.8 Å². The van der Waals surface area contributed by atoms with E-state index in [2.05, 4.69) is 39.0 Å². The van der Waals surface area contributed by atoms with E-state index in [1.807, 2.05) is 12.1 Å². The van der Waals surface area contributed by atoms with Gasteiger partial charge in [0.15, 0.2) is 11.5 Å². The van der Waals surface area contributed by atoms with E-state index in [0.717, 1.165) is 63.1 Å². The molecule has 2 fully saturated rings. The molecular formula is C28H39N3O8. The number of aliphatic carboxylic acids is 2. The summed E-state index contributed by atoms with van der Waals surface area (Å²) >= 11 is 0. The van der Waals surface area contributed by atoms with E-state index in [0.29, 0.717) is 11.8 Å². The number of likely N-dealkylation sites (tertiary alicyclic amines) is 1. The standard InChI is InChI=1S/C26H37N3O4.C2H2O4/c1-30-23-8-6-5-7-22(23)29-15-13-28(14-16-29)21-9-11-27(12-10-21)19-20-17-24(31-2)26(33-4)25(18-20)32-3;3-1(4)2(5)6/h5-8,17-18,21H,9-16,19H2,1-4H3;(H,3,4)(H,5,6). The number of rotatable bonds is 8. The van der Waals surface area contributed by atoms with Gasteiger partial charge in [0.05, 0.1) is 34.1 Å². The van der Waals surface area contributed by atoms with Crippen LogP contribution in [0.25, 0.3) is 0 Å². The average molecular weight is 546 g/mol. The number of para-hydroxylation sites is 2. The van der Waals surface area contributed by atoms with Crippen molar-refractivity contribution >= 4 is 17.6 Å². The molecule has 2 aromatic carbocycles. The minimum absolute atomic E-state index is 0.648. The van der Waals surface area contributed by atoms with E-state index >= 15 is 0 Å². The molecule has 2 heterocycles. The van der Waals surface area contributed by atoms with Crippen LogP contribution in [0.2, 0.25) is 0 Å². The van der Waals surface area contributed by atoms with Gasteiger partial charge in [0.25, 0.3) is 0 Å². The van der Waals surface area contributed by atoms with E-state index in [-0.39, 0.29) is 0 Å². The Morgan fingerprint density at radius 1 is 0.769 bits per heavy atom. The normalized spacial score (nSPS) is 16.6. The molecule has 4 rings (SSSR count). The lowest BCUT2D eigenvalue weighted by Gasteiger charge is -2.43. The van der Waals surface area contributed by atoms with Crippen LogP contribution in [-0.4, -0.2) is 106 Å². The molecule has 0 saturated carbocycles. The van der Waals surface area contributed by atoms with Gasteiger partial charge in [0.2, 0.25) is 5.75 Å². The van der Waals surface area contributed by atoms with E-state index in [4.69, 9.17) is 38.7 Å². The van der Waals surface area contributed by atoms with Gasteiger partial charge in [-0.25, -0.2) is 9.59 Å². The summed E-state index contributed by atoms with van der Waals surface area (Å²) in [4.78, 5) is 25.9. The molecular weight excluding hydrogens is 506 g/mol. The maximum atomic E-state index is 9.10. The van der Waals surface area contributed by atoms with Crippen LogP contribution in [0.15, 0.2) is 36.4 Å². The van der Waals surface area contributed by atoms with Crippen molar-refractivity contribution in [2.24, 2.45) is 0 Å². The minimum Gasteiger partial charge on any atom is -0.495 e. The number of hydrogen-bond acceptors (Lipinski definition) is 9. The van der Waals surface area contributed by atoms with Crippen LogP contribution in [0, 0.1) is 0 Å². The highest BCUT2D eigenvalue weighted by Crippen LogP contribution is 2.38. The molecule has 2 aliphatic heterocycles. The number of piperazine rings is 1. The second kappa shape index (κ2) is 14.5. The van der Waals surface area contributed by atoms with Crippen molar-refractivity contribution in [2.75, 3.05) is 72.6 Å². The molecule has 0 unspecified atom stereocenters. The molecule has 2 saturated heterocycles. The van der Waals surface area contributed by atoms with Gasteiger partial charge < -0.3 is 34.1 Å². The van der Waals surface area contributed by atoms with Gasteiger partial charge in [-0.2, -0.15) is 0 Å². The molecule has 0 radical (unpaired) electrons. The van der Waals surface area contributed by atoms with Crippen LogP contribution in [-0.2, 0) is 16.1 Å². The molecule has 0 aliphatic carbocycles. The molecule has 2 aromatic rings. The SMILES string of the molecule is COc1ccccc1N1CCN(C2CCN(Cc3cc(OC)c(OC)c(OC)c3)CC2)CC1.O=C(O)C(=O)O. The Kier molecular flexibility index (Phi) is 11.1. The molecule has 11 heteroatoms. The van der Waals surface area contributed by atoms with E-state index in [1.165, 1.54) is 24.1 Å². The quantitative estimate of drug-likeness (QED) is 0.476. The maximum Gasteiger partial charge on any atom is 0.414 e. The largest absolute Gasteiger partial charge is 0.495 e. The summed E-state index contributed by atoms with van der Waals surface area (Å²) in [6.07, 6.45) is 2.41. The van der Waals surface area contributed by atoms with Crippen molar-refractivity contribution in [1.29, 1.82) is 0 Å². The average Bonchev–Trinajstić information content (AvgIpc) is 2.97. The zero-order valence-electron chi connectivity index (χ0n) is 23.1. The second-order valence-electron chi connectivity index (χ2n) is 9.35. The van der Waals surface area contributed by atoms with Gasteiger partial charge in [-0.3, -0.25) is 9.80 Å². The number of methoxy groups -OCH3 is 4. The van der Waals surface area contributed by atoms with Crippen LogP contribution in [0.4, 0.5) is 5.69 Å². The van der Waals surface area contributed by atoms with Gasteiger partial charge >= 0.3 is 11.9 Å². The van der Waals surface area contributed by atoms with E-state index < -0.39 is 11.9 Å². The van der Waals surface area contributed by atoms with Crippen molar-refractivity contribution < 1.29 is 38.7 Å². The first kappa shape index (κ1) is 29.9. The number of anilines is 1. The Morgan fingerprint density at radius 2 is 1.31 bits per heavy atom. The molecule has 0 bridgehead atoms. The van der Waals surface area contributed by atoms with Gasteiger partial charge in [-0.15, -0.1) is 0 Å². The molecule has 39 heavy (non-hydrogen) atoms. The number of benzene rings is 2. The van der Waals surface area contributed by atoms with E-state index in [9.17, 15) is 0 Å². The van der Waals surface area contributed by atoms with Crippen LogP contribution in [0.1, 0.15) is 18.4 Å². The number of carboxylic acids is 2. The van der Waals surface area contributed by atoms with E-state index in [1.54, 1.807) is 28.4 Å². The Balaban J connectivity index is 0.000000631. The first-order valence-corrected chi connectivity index (χ1v) is 12.9. The summed E-state index contributed by atoms with van der Waals surface area (Å²) < 4.78 is 22.1. The molecule has 214 valence electrons. The fourth-order valence-corrected chi connectivity index (χ4v) is 5.15. The van der Waals surface area contributed by atoms with Gasteiger partial charge in [-0.05, 0) is 55.8 Å². The number of carboxylic acid groups (broad SMARTS) is 2. The highest BCUT2D eigenvalue weighted by Gasteiger charge is 2.28. The maximum absolute atomic E-state index is 9.10. The predicted octanol–water partition coefficient (Wildman–Crippen LogP) is 2.66. The number of piperidine rings is 1. The highest BCUT2D eigenvalue weighted by atomic mass is 16.5. The Hall–Kier alpha value is -3.70. The van der Waals surface area contributed by atoms with Gasteiger partial charge in [-0.1, -0.05) is 12.1 Å². The summed E-state index contributed by atoms with van der Waals surface area (Å²) in [5, 5.41) is 14.8. The third-order valence-corrected chi connectivity index (χ3v) is 7.13. The summed E-state index contributed by atoms with van der Waals surface area (Å²) in [6.45, 7) is 7.41. The number of carbonyl (C=O) groups is 2. The predicted molar refractivity (Wildman–Crippen MR) is 146 cm³/mol. The second-order valence-corrected chi connectivity index (χ2v) is 9.35. The van der Waals surface area contributed by atoms with Gasteiger partial charge in [0.1, 0.15) is 5.75 Å². The Labute approximate surface area is 229 Å². The van der Waals surface area contributed by atoms with Crippen molar-refractivity contribution in [1.82, 2.24) is 9.80 Å². The van der Waals surface area contributed by atoms with Crippen molar-refractivity contribution in [2.45, 2.75) is 25.4 Å². The highest BCUT2D eigenvalue weighted by molar-refractivity contribution is 6.27. The number of hydrogen-bond donors (Lipinski definition) is 2. The third-order valence-electron chi connectivity index (χ3n) is 7.13. The number of nitrogens with zero attached hydrogens (tertiary/aromatic N) is 3. The summed E-state index contributed by atoms with van der Waals surface area (Å²) in [6, 6.07) is 13.1. The first-order valence-electron chi connectivity index (χ1n) is 12.9. The molecule has 0 aromatic heterocycles. The lowest BCUT2D eigenvalue weighted by atomic mass is 10.0. The molecule has 11 nitrogen and oxygen atoms in total. The fraction of sp³-hybridized carbons (Fsp3) is 0.500. The van der Waals surface area contributed by atoms with Crippen LogP contribution >= 0.6 is 0 Å². The summed E-state index contributed by atoms with van der Waals surface area (Å²) in [7, 11) is 6.72. The molecule has 0 atom stereocenters. The van der Waals surface area contributed by atoms with Gasteiger partial charge in [0, 0.05) is 38.8 Å². The monoisotopic (exact) mass is 545 g/mol. The van der Waals surface area contributed by atoms with Crippen molar-refractivity contribution in [3.63, 3.8) is 0 Å². The lowest BCUT2D eigenvalue weighted by molar-refractivity contribution is -0.159. The summed E-state index contributed by atoms with van der Waals surface area (Å²) in [5.74, 6) is -0.602. The Bertz CT molecular complexity index is 1060. The van der Waals surface area contributed by atoms with Crippen molar-refractivity contribution in [3.05, 3.63) is 42.0 Å². The molecule has 2 N–H and O–H groups in total.